The Morgan fingerprint density at radius 3 is 2.72 bits per heavy atom. The zero-order chi connectivity index (χ0) is 22.1. The molecule has 2 aromatic carbocycles. The SMILES string of the molecule is Cc1ccc2oc(SCc3nc(C(=O)N4CCN(c5ccccc5C)CC4)cs3)nc2c1. The predicted molar refractivity (Wildman–Crippen MR) is 130 cm³/mol. The molecule has 0 aliphatic carbocycles. The highest BCUT2D eigenvalue weighted by molar-refractivity contribution is 7.98. The number of fused-ring (bicyclic) bond motifs is 1. The smallest absolute Gasteiger partial charge is 0.273 e. The van der Waals surface area contributed by atoms with Crippen molar-refractivity contribution in [3.05, 3.63) is 69.7 Å². The number of thioether (sulfide) groups is 1. The summed E-state index contributed by atoms with van der Waals surface area (Å²) in [6.07, 6.45) is 0. The zero-order valence-electron chi connectivity index (χ0n) is 18.1. The second-order valence-corrected chi connectivity index (χ2v) is 9.80. The summed E-state index contributed by atoms with van der Waals surface area (Å²) in [6, 6.07) is 14.4. The van der Waals surface area contributed by atoms with E-state index < -0.39 is 0 Å². The van der Waals surface area contributed by atoms with Crippen LogP contribution in [-0.2, 0) is 5.75 Å². The molecule has 0 spiro atoms. The highest BCUT2D eigenvalue weighted by Crippen LogP contribution is 2.28. The minimum atomic E-state index is 0.0132. The number of aromatic nitrogens is 2. The highest BCUT2D eigenvalue weighted by Gasteiger charge is 2.24. The molecule has 0 unspecified atom stereocenters. The van der Waals surface area contributed by atoms with Gasteiger partial charge < -0.3 is 14.2 Å². The number of amides is 1. The zero-order valence-corrected chi connectivity index (χ0v) is 19.7. The van der Waals surface area contributed by atoms with Crippen LogP contribution < -0.4 is 4.90 Å². The molecule has 1 aliphatic heterocycles. The molecule has 1 saturated heterocycles. The monoisotopic (exact) mass is 464 g/mol. The topological polar surface area (TPSA) is 62.5 Å². The van der Waals surface area contributed by atoms with Gasteiger partial charge in [-0.25, -0.2) is 9.97 Å². The number of hydrogen-bond acceptors (Lipinski definition) is 7. The Morgan fingerprint density at radius 1 is 1.09 bits per heavy atom. The molecular weight excluding hydrogens is 440 g/mol. The van der Waals surface area contributed by atoms with Crippen LogP contribution in [0.2, 0.25) is 0 Å². The summed E-state index contributed by atoms with van der Waals surface area (Å²) >= 11 is 3.01. The highest BCUT2D eigenvalue weighted by atomic mass is 32.2. The maximum absolute atomic E-state index is 13.0. The molecule has 8 heteroatoms. The van der Waals surface area contributed by atoms with Gasteiger partial charge in [-0.3, -0.25) is 4.79 Å². The van der Waals surface area contributed by atoms with Crippen molar-refractivity contribution in [2.45, 2.75) is 24.8 Å². The van der Waals surface area contributed by atoms with Gasteiger partial charge in [-0.15, -0.1) is 11.3 Å². The normalized spacial score (nSPS) is 14.3. The van der Waals surface area contributed by atoms with Crippen molar-refractivity contribution in [1.82, 2.24) is 14.9 Å². The van der Waals surface area contributed by atoms with E-state index in [1.54, 1.807) is 0 Å². The molecule has 4 aromatic rings. The van der Waals surface area contributed by atoms with Crippen LogP contribution in [0.4, 0.5) is 5.69 Å². The van der Waals surface area contributed by atoms with E-state index in [9.17, 15) is 4.79 Å². The average Bonchev–Trinajstić information content (AvgIpc) is 3.44. The van der Waals surface area contributed by atoms with Crippen LogP contribution >= 0.6 is 23.1 Å². The minimum absolute atomic E-state index is 0.0132. The van der Waals surface area contributed by atoms with Crippen LogP contribution in [-0.4, -0.2) is 47.0 Å². The van der Waals surface area contributed by atoms with Crippen LogP contribution in [0.25, 0.3) is 11.1 Å². The number of para-hydroxylation sites is 1. The van der Waals surface area contributed by atoms with E-state index in [0.717, 1.165) is 34.8 Å². The van der Waals surface area contributed by atoms with Gasteiger partial charge in [-0.1, -0.05) is 36.0 Å². The molecular formula is C24H24N4O2S2. The summed E-state index contributed by atoms with van der Waals surface area (Å²) in [7, 11) is 0. The predicted octanol–water partition coefficient (Wildman–Crippen LogP) is 5.16. The Balaban J connectivity index is 1.18. The van der Waals surface area contributed by atoms with Gasteiger partial charge >= 0.3 is 0 Å². The van der Waals surface area contributed by atoms with Crippen molar-refractivity contribution in [2.24, 2.45) is 0 Å². The summed E-state index contributed by atoms with van der Waals surface area (Å²) in [4.78, 5) is 26.3. The molecule has 0 radical (unpaired) electrons. The van der Waals surface area contributed by atoms with Gasteiger partial charge in [-0.2, -0.15) is 0 Å². The molecule has 1 fully saturated rings. The van der Waals surface area contributed by atoms with E-state index in [2.05, 4.69) is 46.1 Å². The molecule has 164 valence electrons. The van der Waals surface area contributed by atoms with Gasteiger partial charge in [0.25, 0.3) is 11.1 Å². The second kappa shape index (κ2) is 8.96. The third-order valence-electron chi connectivity index (χ3n) is 5.64. The summed E-state index contributed by atoms with van der Waals surface area (Å²) in [5.41, 5.74) is 5.86. The molecule has 1 amide bonds. The van der Waals surface area contributed by atoms with Crippen molar-refractivity contribution < 1.29 is 9.21 Å². The quantitative estimate of drug-likeness (QED) is 0.381. The summed E-state index contributed by atoms with van der Waals surface area (Å²) < 4.78 is 5.80. The number of rotatable bonds is 5. The molecule has 1 aliphatic rings. The van der Waals surface area contributed by atoms with Gasteiger partial charge in [0.15, 0.2) is 5.58 Å². The van der Waals surface area contributed by atoms with Crippen LogP contribution in [0.15, 0.2) is 57.5 Å². The lowest BCUT2D eigenvalue weighted by Gasteiger charge is -2.36. The van der Waals surface area contributed by atoms with Crippen LogP contribution in [0.1, 0.15) is 26.6 Å². The number of oxazole rings is 1. The van der Waals surface area contributed by atoms with Crippen molar-refractivity contribution in [1.29, 1.82) is 0 Å². The third-order valence-corrected chi connectivity index (χ3v) is 7.51. The Hall–Kier alpha value is -2.84. The first-order valence-electron chi connectivity index (χ1n) is 10.6. The van der Waals surface area contributed by atoms with E-state index in [-0.39, 0.29) is 5.91 Å². The fraction of sp³-hybridized carbons (Fsp3) is 0.292. The van der Waals surface area contributed by atoms with Gasteiger partial charge in [-0.05, 0) is 43.2 Å². The van der Waals surface area contributed by atoms with E-state index in [1.165, 1.54) is 34.3 Å². The fourth-order valence-electron chi connectivity index (χ4n) is 3.91. The molecule has 0 atom stereocenters. The largest absolute Gasteiger partial charge is 0.431 e. The van der Waals surface area contributed by atoms with E-state index >= 15 is 0 Å². The molecule has 5 rings (SSSR count). The lowest BCUT2D eigenvalue weighted by atomic mass is 10.1. The maximum Gasteiger partial charge on any atom is 0.273 e. The van der Waals surface area contributed by atoms with Crippen molar-refractivity contribution in [3.8, 4) is 0 Å². The first kappa shape index (κ1) is 21.0. The van der Waals surface area contributed by atoms with Crippen LogP contribution in [0.3, 0.4) is 0 Å². The Bertz CT molecular complexity index is 1260. The number of anilines is 1. The lowest BCUT2D eigenvalue weighted by Crippen LogP contribution is -2.49. The fourth-order valence-corrected chi connectivity index (χ4v) is 5.53. The second-order valence-electron chi connectivity index (χ2n) is 7.93. The third kappa shape index (κ3) is 4.38. The Labute approximate surface area is 195 Å². The Kier molecular flexibility index (Phi) is 5.89. The van der Waals surface area contributed by atoms with Gasteiger partial charge in [0.2, 0.25) is 0 Å². The molecule has 0 saturated carbocycles. The van der Waals surface area contributed by atoms with Gasteiger partial charge in [0, 0.05) is 37.2 Å². The standard InChI is InChI=1S/C24H24N4O2S2/c1-16-7-8-21-18(13-16)26-24(30-21)32-15-22-25-19(14-31-22)23(29)28-11-9-27(10-12-28)20-6-4-3-5-17(20)2/h3-8,13-14H,9-12,15H2,1-2H3. The molecule has 6 nitrogen and oxygen atoms in total. The van der Waals surface area contributed by atoms with Crippen LogP contribution in [0.5, 0.6) is 0 Å². The van der Waals surface area contributed by atoms with E-state index in [4.69, 9.17) is 4.42 Å². The molecule has 0 N–H and O–H groups in total. The molecule has 2 aromatic heterocycles. The van der Waals surface area contributed by atoms with Crippen molar-refractivity contribution in [3.63, 3.8) is 0 Å². The number of benzene rings is 2. The average molecular weight is 465 g/mol. The number of aryl methyl sites for hydroxylation is 2. The number of hydrogen-bond donors (Lipinski definition) is 0. The number of thiazole rings is 1. The first-order chi connectivity index (χ1) is 15.6. The number of piperazine rings is 1. The Morgan fingerprint density at radius 2 is 1.91 bits per heavy atom. The summed E-state index contributed by atoms with van der Waals surface area (Å²) in [5.74, 6) is 0.643. The van der Waals surface area contributed by atoms with Gasteiger partial charge in [0.1, 0.15) is 16.2 Å². The summed E-state index contributed by atoms with van der Waals surface area (Å²) in [5, 5.41) is 3.39. The van der Waals surface area contributed by atoms with Crippen LogP contribution in [0, 0.1) is 13.8 Å². The molecule has 3 heterocycles. The van der Waals surface area contributed by atoms with Gasteiger partial charge in [0.05, 0.1) is 5.75 Å². The lowest BCUT2D eigenvalue weighted by molar-refractivity contribution is 0.0741. The molecule has 32 heavy (non-hydrogen) atoms. The molecule has 0 bridgehead atoms. The van der Waals surface area contributed by atoms with Crippen molar-refractivity contribution in [2.75, 3.05) is 31.1 Å². The van der Waals surface area contributed by atoms with Crippen molar-refractivity contribution >= 4 is 45.8 Å². The number of nitrogens with zero attached hydrogens (tertiary/aromatic N) is 4. The minimum Gasteiger partial charge on any atom is -0.431 e. The number of carbonyl (C=O) groups excluding carboxylic acids is 1. The van der Waals surface area contributed by atoms with E-state index in [0.29, 0.717) is 29.8 Å². The number of carbonyl (C=O) groups is 1. The maximum atomic E-state index is 13.0. The summed E-state index contributed by atoms with van der Waals surface area (Å²) in [6.45, 7) is 7.25. The van der Waals surface area contributed by atoms with E-state index in [1.807, 2.05) is 35.4 Å². The first-order valence-corrected chi connectivity index (χ1v) is 12.5.